The van der Waals surface area contributed by atoms with E-state index in [9.17, 15) is 14.4 Å². The summed E-state index contributed by atoms with van der Waals surface area (Å²) in [5.74, 6) is -2.36. The van der Waals surface area contributed by atoms with Gasteiger partial charge in [0.2, 0.25) is 5.91 Å². The largest absolute Gasteiger partial charge is 0.478 e. The fourth-order valence-corrected chi connectivity index (χ4v) is 1.87. The van der Waals surface area contributed by atoms with Gasteiger partial charge >= 0.3 is 5.97 Å². The standard InChI is InChI=1S/C14H17NO4/c1-8(2)12(9(3)16)13(17)15-11-6-4-10(5-7-11)14(18)19/h4-8,12H,1-3H3,(H,15,17)(H,18,19). The van der Waals surface area contributed by atoms with Crippen molar-refractivity contribution in [1.82, 2.24) is 0 Å². The summed E-state index contributed by atoms with van der Waals surface area (Å²) in [6.07, 6.45) is 0. The Morgan fingerprint density at radius 3 is 2.00 bits per heavy atom. The van der Waals surface area contributed by atoms with Gasteiger partial charge in [0.1, 0.15) is 5.78 Å². The predicted molar refractivity (Wildman–Crippen MR) is 71.0 cm³/mol. The molecule has 1 rings (SSSR count). The molecule has 5 heteroatoms. The number of hydrogen-bond acceptors (Lipinski definition) is 3. The number of ketones is 1. The summed E-state index contributed by atoms with van der Waals surface area (Å²) in [6, 6.07) is 5.80. The maximum Gasteiger partial charge on any atom is 0.335 e. The van der Waals surface area contributed by atoms with Gasteiger partial charge in [-0.05, 0) is 37.1 Å². The van der Waals surface area contributed by atoms with Crippen LogP contribution in [0.3, 0.4) is 0 Å². The van der Waals surface area contributed by atoms with Crippen molar-refractivity contribution in [1.29, 1.82) is 0 Å². The molecule has 0 heterocycles. The Balaban J connectivity index is 2.81. The molecule has 0 aromatic heterocycles. The summed E-state index contributed by atoms with van der Waals surface area (Å²) in [6.45, 7) is 5.00. The molecule has 1 atom stereocenters. The summed E-state index contributed by atoms with van der Waals surface area (Å²) in [7, 11) is 0. The second-order valence-corrected chi connectivity index (χ2v) is 4.70. The van der Waals surface area contributed by atoms with Crippen LogP contribution in [0.1, 0.15) is 31.1 Å². The normalized spacial score (nSPS) is 12.0. The molecule has 0 spiro atoms. The number of hydrogen-bond donors (Lipinski definition) is 2. The Labute approximate surface area is 111 Å². The van der Waals surface area contributed by atoms with Crippen LogP contribution < -0.4 is 5.32 Å². The number of carbonyl (C=O) groups excluding carboxylic acids is 2. The average molecular weight is 263 g/mol. The maximum atomic E-state index is 12.0. The number of benzene rings is 1. The number of aromatic carboxylic acids is 1. The highest BCUT2D eigenvalue weighted by Crippen LogP contribution is 2.16. The number of amides is 1. The van der Waals surface area contributed by atoms with E-state index in [0.29, 0.717) is 5.69 Å². The lowest BCUT2D eigenvalue weighted by atomic mass is 9.91. The third-order valence-corrected chi connectivity index (χ3v) is 2.79. The fraction of sp³-hybridized carbons (Fsp3) is 0.357. The molecule has 0 radical (unpaired) electrons. The first-order valence-electron chi connectivity index (χ1n) is 5.97. The van der Waals surface area contributed by atoms with Crippen LogP contribution in [0.4, 0.5) is 5.69 Å². The van der Waals surface area contributed by atoms with Gasteiger partial charge < -0.3 is 10.4 Å². The highest BCUT2D eigenvalue weighted by molar-refractivity contribution is 6.06. The molecule has 0 bridgehead atoms. The highest BCUT2D eigenvalue weighted by Gasteiger charge is 2.26. The lowest BCUT2D eigenvalue weighted by Gasteiger charge is -2.17. The van der Waals surface area contributed by atoms with E-state index in [2.05, 4.69) is 5.32 Å². The Morgan fingerprint density at radius 1 is 1.11 bits per heavy atom. The number of carbonyl (C=O) groups is 3. The molecular weight excluding hydrogens is 246 g/mol. The predicted octanol–water partition coefficient (Wildman–Crippen LogP) is 2.18. The van der Waals surface area contributed by atoms with E-state index in [4.69, 9.17) is 5.11 Å². The summed E-state index contributed by atoms with van der Waals surface area (Å²) < 4.78 is 0. The van der Waals surface area contributed by atoms with Crippen LogP contribution in [0.15, 0.2) is 24.3 Å². The third-order valence-electron chi connectivity index (χ3n) is 2.79. The average Bonchev–Trinajstić information content (AvgIpc) is 2.28. The van der Waals surface area contributed by atoms with Crippen LogP contribution in [0.5, 0.6) is 0 Å². The van der Waals surface area contributed by atoms with Gasteiger partial charge in [0, 0.05) is 5.69 Å². The van der Waals surface area contributed by atoms with E-state index >= 15 is 0 Å². The van der Waals surface area contributed by atoms with Crippen LogP contribution >= 0.6 is 0 Å². The lowest BCUT2D eigenvalue weighted by molar-refractivity contribution is -0.131. The highest BCUT2D eigenvalue weighted by atomic mass is 16.4. The summed E-state index contributed by atoms with van der Waals surface area (Å²) in [5, 5.41) is 11.4. The summed E-state index contributed by atoms with van der Waals surface area (Å²) in [4.78, 5) is 34.1. The number of nitrogens with one attached hydrogen (secondary N) is 1. The molecule has 1 aromatic rings. The first-order valence-corrected chi connectivity index (χ1v) is 5.97. The molecule has 2 N–H and O–H groups in total. The van der Waals surface area contributed by atoms with E-state index < -0.39 is 11.9 Å². The van der Waals surface area contributed by atoms with Gasteiger partial charge in [0.25, 0.3) is 0 Å². The van der Waals surface area contributed by atoms with Gasteiger partial charge in [-0.15, -0.1) is 0 Å². The second-order valence-electron chi connectivity index (χ2n) is 4.70. The van der Waals surface area contributed by atoms with Gasteiger partial charge in [0.05, 0.1) is 11.5 Å². The van der Waals surface area contributed by atoms with Crippen LogP contribution in [0.2, 0.25) is 0 Å². The molecule has 0 aliphatic heterocycles. The van der Waals surface area contributed by atoms with Crippen molar-refractivity contribution in [3.63, 3.8) is 0 Å². The quantitative estimate of drug-likeness (QED) is 0.797. The monoisotopic (exact) mass is 263 g/mol. The smallest absolute Gasteiger partial charge is 0.335 e. The SMILES string of the molecule is CC(=O)C(C(=O)Nc1ccc(C(=O)O)cc1)C(C)C. The zero-order chi connectivity index (χ0) is 14.6. The first-order chi connectivity index (χ1) is 8.82. The molecule has 1 aromatic carbocycles. The van der Waals surface area contributed by atoms with E-state index in [1.54, 1.807) is 13.8 Å². The van der Waals surface area contributed by atoms with Crippen molar-refractivity contribution >= 4 is 23.3 Å². The molecule has 0 saturated carbocycles. The summed E-state index contributed by atoms with van der Waals surface area (Å²) in [5.41, 5.74) is 0.617. The zero-order valence-electron chi connectivity index (χ0n) is 11.1. The molecule has 1 unspecified atom stereocenters. The fourth-order valence-electron chi connectivity index (χ4n) is 1.87. The third kappa shape index (κ3) is 3.91. The van der Waals surface area contributed by atoms with E-state index in [0.717, 1.165) is 0 Å². The number of carboxylic acid groups (broad SMARTS) is 1. The molecule has 0 aliphatic carbocycles. The number of Topliss-reactive ketones (excluding diaryl/α,β-unsaturated/α-hetero) is 1. The molecule has 1 amide bonds. The molecular formula is C14H17NO4. The molecule has 19 heavy (non-hydrogen) atoms. The zero-order valence-corrected chi connectivity index (χ0v) is 11.1. The summed E-state index contributed by atoms with van der Waals surface area (Å²) >= 11 is 0. The van der Waals surface area contributed by atoms with Gasteiger partial charge in [0.15, 0.2) is 0 Å². The topological polar surface area (TPSA) is 83.5 Å². The lowest BCUT2D eigenvalue weighted by Crippen LogP contribution is -2.32. The number of anilines is 1. The van der Waals surface area contributed by atoms with Crippen molar-refractivity contribution in [2.75, 3.05) is 5.32 Å². The second kappa shape index (κ2) is 6.13. The van der Waals surface area contributed by atoms with Crippen molar-refractivity contribution in [3.05, 3.63) is 29.8 Å². The van der Waals surface area contributed by atoms with Crippen LogP contribution in [-0.4, -0.2) is 22.8 Å². The molecule has 5 nitrogen and oxygen atoms in total. The van der Waals surface area contributed by atoms with Crippen LogP contribution in [-0.2, 0) is 9.59 Å². The molecule has 102 valence electrons. The number of carboxylic acids is 1. The van der Waals surface area contributed by atoms with Crippen molar-refractivity contribution in [3.8, 4) is 0 Å². The van der Waals surface area contributed by atoms with E-state index in [-0.39, 0.29) is 23.2 Å². The van der Waals surface area contributed by atoms with Crippen molar-refractivity contribution in [2.45, 2.75) is 20.8 Å². The van der Waals surface area contributed by atoms with Gasteiger partial charge in [-0.3, -0.25) is 9.59 Å². The minimum Gasteiger partial charge on any atom is -0.478 e. The Kier molecular flexibility index (Phi) is 4.80. The van der Waals surface area contributed by atoms with Crippen LogP contribution in [0.25, 0.3) is 0 Å². The van der Waals surface area contributed by atoms with Gasteiger partial charge in [-0.2, -0.15) is 0 Å². The van der Waals surface area contributed by atoms with Gasteiger partial charge in [-0.25, -0.2) is 4.79 Å². The van der Waals surface area contributed by atoms with E-state index in [1.165, 1.54) is 31.2 Å². The number of rotatable bonds is 5. The van der Waals surface area contributed by atoms with Crippen molar-refractivity contribution < 1.29 is 19.5 Å². The minimum atomic E-state index is -1.03. The van der Waals surface area contributed by atoms with Gasteiger partial charge in [-0.1, -0.05) is 13.8 Å². The molecule has 0 aliphatic rings. The van der Waals surface area contributed by atoms with Crippen LogP contribution in [0, 0.1) is 11.8 Å². The molecule has 0 fully saturated rings. The Bertz CT molecular complexity index is 491. The van der Waals surface area contributed by atoms with Crippen molar-refractivity contribution in [2.24, 2.45) is 11.8 Å². The van der Waals surface area contributed by atoms with E-state index in [1.807, 2.05) is 0 Å². The maximum absolute atomic E-state index is 12.0. The Morgan fingerprint density at radius 2 is 1.63 bits per heavy atom. The minimum absolute atomic E-state index is 0.0872. The first kappa shape index (κ1) is 14.9. The molecule has 0 saturated heterocycles. The Hall–Kier alpha value is -2.17.